The van der Waals surface area contributed by atoms with E-state index < -0.39 is 0 Å². The first-order chi connectivity index (χ1) is 15.3. The van der Waals surface area contributed by atoms with Crippen LogP contribution in [0, 0.1) is 0 Å². The highest BCUT2D eigenvalue weighted by Crippen LogP contribution is 2.52. The SMILES string of the molecule is Cn1c2cccc3c2c2c(cc4c5ccccc5sc4c21)-c1cccc2cccc-3c12. The van der Waals surface area contributed by atoms with Crippen molar-refractivity contribution < 1.29 is 0 Å². The highest BCUT2D eigenvalue weighted by atomic mass is 32.1. The molecule has 0 bridgehead atoms. The molecule has 2 aromatic heterocycles. The number of aromatic nitrogens is 1. The van der Waals surface area contributed by atoms with Crippen LogP contribution in [0.5, 0.6) is 0 Å². The third-order valence-electron chi connectivity index (χ3n) is 7.12. The van der Waals surface area contributed by atoms with Crippen LogP contribution in [-0.2, 0) is 7.05 Å². The lowest BCUT2D eigenvalue weighted by molar-refractivity contribution is 1.02. The molecule has 0 amide bonds. The lowest BCUT2D eigenvalue weighted by atomic mass is 9.93. The van der Waals surface area contributed by atoms with Gasteiger partial charge >= 0.3 is 0 Å². The van der Waals surface area contributed by atoms with Crippen molar-refractivity contribution in [3.8, 4) is 22.3 Å². The molecule has 0 unspecified atom stereocenters. The summed E-state index contributed by atoms with van der Waals surface area (Å²) >= 11 is 1.92. The summed E-state index contributed by atoms with van der Waals surface area (Å²) in [6.07, 6.45) is 0. The minimum atomic E-state index is 1.31. The Morgan fingerprint density at radius 1 is 0.613 bits per heavy atom. The monoisotopic (exact) mass is 411 g/mol. The van der Waals surface area contributed by atoms with Crippen molar-refractivity contribution >= 4 is 64.1 Å². The molecule has 0 atom stereocenters. The van der Waals surface area contributed by atoms with E-state index in [1.165, 1.54) is 75.0 Å². The quantitative estimate of drug-likeness (QED) is 0.236. The van der Waals surface area contributed by atoms with Gasteiger partial charge in [-0.1, -0.05) is 66.7 Å². The van der Waals surface area contributed by atoms with Crippen LogP contribution in [0.3, 0.4) is 0 Å². The summed E-state index contributed by atoms with van der Waals surface area (Å²) in [6.45, 7) is 0. The van der Waals surface area contributed by atoms with Gasteiger partial charge in [-0.25, -0.2) is 0 Å². The lowest BCUT2D eigenvalue weighted by Gasteiger charge is -2.12. The fourth-order valence-electron chi connectivity index (χ4n) is 5.84. The molecule has 2 heteroatoms. The van der Waals surface area contributed by atoms with Gasteiger partial charge in [0.15, 0.2) is 0 Å². The van der Waals surface area contributed by atoms with Gasteiger partial charge in [0.05, 0.1) is 10.2 Å². The van der Waals surface area contributed by atoms with Gasteiger partial charge < -0.3 is 4.57 Å². The fraction of sp³-hybridized carbons (Fsp3) is 0.0345. The third kappa shape index (κ3) is 1.80. The Balaban J connectivity index is 1.78. The molecule has 2 heterocycles. The van der Waals surface area contributed by atoms with E-state index in [0.29, 0.717) is 0 Å². The molecule has 0 fully saturated rings. The molecule has 0 radical (unpaired) electrons. The van der Waals surface area contributed by atoms with Crippen LogP contribution in [0.1, 0.15) is 0 Å². The van der Waals surface area contributed by atoms with Gasteiger partial charge in [0.25, 0.3) is 0 Å². The van der Waals surface area contributed by atoms with E-state index in [0.717, 1.165) is 0 Å². The lowest BCUT2D eigenvalue weighted by Crippen LogP contribution is -1.90. The molecule has 0 saturated carbocycles. The van der Waals surface area contributed by atoms with E-state index >= 15 is 0 Å². The molecule has 1 aliphatic rings. The Kier molecular flexibility index (Phi) is 2.78. The number of rotatable bonds is 0. The van der Waals surface area contributed by atoms with E-state index in [1.807, 2.05) is 11.3 Å². The number of aryl methyl sites for hydroxylation is 1. The molecule has 31 heavy (non-hydrogen) atoms. The second kappa shape index (κ2) is 5.35. The Hall–Kier alpha value is -3.62. The fourth-order valence-corrected chi connectivity index (χ4v) is 7.11. The van der Waals surface area contributed by atoms with Crippen molar-refractivity contribution in [2.75, 3.05) is 0 Å². The molecule has 8 rings (SSSR count). The van der Waals surface area contributed by atoms with Gasteiger partial charge in [0.1, 0.15) is 0 Å². The Morgan fingerprint density at radius 3 is 2.16 bits per heavy atom. The summed E-state index contributed by atoms with van der Waals surface area (Å²) in [7, 11) is 2.23. The maximum Gasteiger partial charge on any atom is 0.0676 e. The molecule has 0 aliphatic heterocycles. The normalized spacial score (nSPS) is 12.7. The maximum atomic E-state index is 2.46. The minimum absolute atomic E-state index is 1.31. The molecule has 0 N–H and O–H groups in total. The first-order valence-corrected chi connectivity index (χ1v) is 11.5. The van der Waals surface area contributed by atoms with Crippen LogP contribution < -0.4 is 0 Å². The van der Waals surface area contributed by atoms with Crippen molar-refractivity contribution in [3.63, 3.8) is 0 Å². The van der Waals surface area contributed by atoms with E-state index in [1.54, 1.807) is 0 Å². The van der Waals surface area contributed by atoms with Crippen LogP contribution in [0.2, 0.25) is 0 Å². The summed E-state index contributed by atoms with van der Waals surface area (Å²) in [6, 6.07) is 31.6. The minimum Gasteiger partial charge on any atom is -0.342 e. The second-order valence-corrected chi connectivity index (χ2v) is 9.64. The first-order valence-electron chi connectivity index (χ1n) is 10.7. The van der Waals surface area contributed by atoms with Crippen molar-refractivity contribution in [2.24, 2.45) is 7.05 Å². The van der Waals surface area contributed by atoms with Gasteiger partial charge in [-0.3, -0.25) is 0 Å². The Morgan fingerprint density at radius 2 is 1.32 bits per heavy atom. The van der Waals surface area contributed by atoms with E-state index in [-0.39, 0.29) is 0 Å². The van der Waals surface area contributed by atoms with Crippen LogP contribution in [0.15, 0.2) is 84.9 Å². The van der Waals surface area contributed by atoms with Gasteiger partial charge in [0, 0.05) is 38.8 Å². The van der Waals surface area contributed by atoms with Gasteiger partial charge in [-0.15, -0.1) is 11.3 Å². The zero-order valence-electron chi connectivity index (χ0n) is 16.9. The molecular formula is C29H17NS. The Bertz CT molecular complexity index is 1890. The average Bonchev–Trinajstić information content (AvgIpc) is 3.29. The number of fused-ring (bicyclic) bond motifs is 6. The molecule has 1 nitrogen and oxygen atoms in total. The standard InChI is InChI=1S/C29H17NS/c1-30-23-13-6-12-19-18-10-4-7-16-8-5-11-20(25(16)18)21-15-22-17-9-2-3-14-24(17)31-29(22)28(30)27(21)26(19)23/h2-15H,1H3. The number of hydrogen-bond acceptors (Lipinski definition) is 1. The van der Waals surface area contributed by atoms with E-state index in [4.69, 9.17) is 0 Å². The highest BCUT2D eigenvalue weighted by Gasteiger charge is 2.25. The van der Waals surface area contributed by atoms with E-state index in [9.17, 15) is 0 Å². The van der Waals surface area contributed by atoms with Crippen LogP contribution in [-0.4, -0.2) is 4.57 Å². The predicted octanol–water partition coefficient (Wildman–Crippen LogP) is 8.50. The van der Waals surface area contributed by atoms with Crippen LogP contribution in [0.25, 0.3) is 75.0 Å². The maximum absolute atomic E-state index is 2.46. The third-order valence-corrected chi connectivity index (χ3v) is 8.31. The highest BCUT2D eigenvalue weighted by molar-refractivity contribution is 7.26. The largest absolute Gasteiger partial charge is 0.342 e. The summed E-state index contributed by atoms with van der Waals surface area (Å²) in [5, 5.41) is 8.19. The number of benzene rings is 5. The molecule has 144 valence electrons. The predicted molar refractivity (Wildman–Crippen MR) is 135 cm³/mol. The van der Waals surface area contributed by atoms with Crippen molar-refractivity contribution in [1.82, 2.24) is 4.57 Å². The van der Waals surface area contributed by atoms with Crippen molar-refractivity contribution in [2.45, 2.75) is 0 Å². The summed E-state index contributed by atoms with van der Waals surface area (Å²) in [5.41, 5.74) is 8.07. The van der Waals surface area contributed by atoms with Gasteiger partial charge in [-0.05, 0) is 51.2 Å². The topological polar surface area (TPSA) is 4.93 Å². The molecule has 0 spiro atoms. The number of hydrogen-bond donors (Lipinski definition) is 0. The van der Waals surface area contributed by atoms with Gasteiger partial charge in [-0.2, -0.15) is 0 Å². The van der Waals surface area contributed by atoms with Crippen molar-refractivity contribution in [1.29, 1.82) is 0 Å². The average molecular weight is 412 g/mol. The zero-order valence-corrected chi connectivity index (χ0v) is 17.8. The summed E-state index contributed by atoms with van der Waals surface area (Å²) in [5.74, 6) is 0. The smallest absolute Gasteiger partial charge is 0.0676 e. The molecule has 1 aliphatic carbocycles. The Labute approximate surface area is 182 Å². The van der Waals surface area contributed by atoms with Crippen molar-refractivity contribution in [3.05, 3.63) is 84.9 Å². The second-order valence-electron chi connectivity index (χ2n) is 8.59. The molecule has 5 aromatic carbocycles. The summed E-state index contributed by atoms with van der Waals surface area (Å²) < 4.78 is 5.17. The first kappa shape index (κ1) is 16.1. The summed E-state index contributed by atoms with van der Waals surface area (Å²) in [4.78, 5) is 0. The zero-order chi connectivity index (χ0) is 20.3. The van der Waals surface area contributed by atoms with Crippen LogP contribution in [0.4, 0.5) is 0 Å². The van der Waals surface area contributed by atoms with Gasteiger partial charge in [0.2, 0.25) is 0 Å². The number of thiophene rings is 1. The van der Waals surface area contributed by atoms with Crippen LogP contribution >= 0.6 is 11.3 Å². The molecule has 0 saturated heterocycles. The molecular weight excluding hydrogens is 394 g/mol. The molecule has 7 aromatic rings. The number of nitrogens with zero attached hydrogens (tertiary/aromatic N) is 1. The van der Waals surface area contributed by atoms with E-state index in [2.05, 4.69) is 96.5 Å².